The minimum atomic E-state index is 0.155. The zero-order chi connectivity index (χ0) is 16.4. The molecule has 6 nitrogen and oxygen atoms in total. The Balaban J connectivity index is 1.70. The topological polar surface area (TPSA) is 64.2 Å². The van der Waals surface area contributed by atoms with E-state index in [2.05, 4.69) is 21.6 Å². The van der Waals surface area contributed by atoms with Crippen LogP contribution < -0.4 is 0 Å². The fraction of sp³-hybridized carbons (Fsp3) is 0.588. The molecule has 1 unspecified atom stereocenters. The molecule has 1 saturated heterocycles. The van der Waals surface area contributed by atoms with Gasteiger partial charge in [0.2, 0.25) is 5.91 Å². The van der Waals surface area contributed by atoms with Crippen LogP contribution in [0.2, 0.25) is 0 Å². The Labute approximate surface area is 136 Å². The monoisotopic (exact) mass is 316 g/mol. The molecule has 0 radical (unpaired) electrons. The van der Waals surface area contributed by atoms with Gasteiger partial charge in [0.05, 0.1) is 18.2 Å². The molecule has 0 bridgehead atoms. The first-order valence-corrected chi connectivity index (χ1v) is 8.31. The third kappa shape index (κ3) is 3.16. The summed E-state index contributed by atoms with van der Waals surface area (Å²) in [5.74, 6) is 1.99. The van der Waals surface area contributed by atoms with E-state index >= 15 is 0 Å². The van der Waals surface area contributed by atoms with E-state index in [0.717, 1.165) is 55.2 Å². The van der Waals surface area contributed by atoms with Crippen LogP contribution in [0, 0.1) is 13.8 Å². The average Bonchev–Trinajstić information content (AvgIpc) is 3.16. The second-order valence-electron chi connectivity index (χ2n) is 6.22. The van der Waals surface area contributed by atoms with Crippen molar-refractivity contribution < 1.29 is 9.32 Å². The number of rotatable bonds is 4. The number of aryl methyl sites for hydroxylation is 3. The number of imidazole rings is 1. The number of likely N-dealkylation sites (tertiary alicyclic amines) is 1. The van der Waals surface area contributed by atoms with E-state index in [1.807, 2.05) is 31.1 Å². The second kappa shape index (κ2) is 6.56. The van der Waals surface area contributed by atoms with Gasteiger partial charge in [0, 0.05) is 37.5 Å². The third-order valence-electron chi connectivity index (χ3n) is 4.72. The molecule has 0 aliphatic carbocycles. The van der Waals surface area contributed by atoms with Crippen molar-refractivity contribution in [2.75, 3.05) is 13.1 Å². The van der Waals surface area contributed by atoms with Crippen LogP contribution in [-0.2, 0) is 17.6 Å². The maximum absolute atomic E-state index is 12.7. The van der Waals surface area contributed by atoms with Gasteiger partial charge in [0.25, 0.3) is 0 Å². The lowest BCUT2D eigenvalue weighted by atomic mass is 10.0. The van der Waals surface area contributed by atoms with Crippen LogP contribution in [0.5, 0.6) is 0 Å². The van der Waals surface area contributed by atoms with Crippen molar-refractivity contribution in [3.8, 4) is 0 Å². The Morgan fingerprint density at radius 2 is 2.26 bits per heavy atom. The second-order valence-corrected chi connectivity index (χ2v) is 6.22. The van der Waals surface area contributed by atoms with E-state index in [1.165, 1.54) is 0 Å². The SMILES string of the molecule is CCc1nccn1C1CCCN(C(=O)Cc2c(C)noc2C)C1. The predicted octanol–water partition coefficient (Wildman–Crippen LogP) is 2.46. The summed E-state index contributed by atoms with van der Waals surface area (Å²) in [5.41, 5.74) is 1.74. The van der Waals surface area contributed by atoms with Crippen molar-refractivity contribution in [2.45, 2.75) is 52.5 Å². The molecular weight excluding hydrogens is 292 g/mol. The summed E-state index contributed by atoms with van der Waals surface area (Å²) in [5, 5.41) is 3.93. The molecule has 1 atom stereocenters. The van der Waals surface area contributed by atoms with Gasteiger partial charge in [-0.3, -0.25) is 4.79 Å². The fourth-order valence-corrected chi connectivity index (χ4v) is 3.38. The largest absolute Gasteiger partial charge is 0.361 e. The van der Waals surface area contributed by atoms with Crippen molar-refractivity contribution in [1.29, 1.82) is 0 Å². The summed E-state index contributed by atoms with van der Waals surface area (Å²) in [6.45, 7) is 7.44. The number of hydrogen-bond acceptors (Lipinski definition) is 4. The number of aromatic nitrogens is 3. The van der Waals surface area contributed by atoms with Gasteiger partial charge in [-0.25, -0.2) is 4.98 Å². The molecule has 0 N–H and O–H groups in total. The van der Waals surface area contributed by atoms with Crippen LogP contribution in [0.4, 0.5) is 0 Å². The van der Waals surface area contributed by atoms with Gasteiger partial charge in [0.1, 0.15) is 11.6 Å². The maximum Gasteiger partial charge on any atom is 0.227 e. The Morgan fingerprint density at radius 3 is 2.96 bits per heavy atom. The lowest BCUT2D eigenvalue weighted by Gasteiger charge is -2.34. The Bertz CT molecular complexity index is 669. The van der Waals surface area contributed by atoms with Gasteiger partial charge in [0.15, 0.2) is 0 Å². The van der Waals surface area contributed by atoms with Crippen molar-refractivity contribution in [3.05, 3.63) is 35.2 Å². The summed E-state index contributed by atoms with van der Waals surface area (Å²) in [4.78, 5) is 19.0. The predicted molar refractivity (Wildman–Crippen MR) is 86.1 cm³/mol. The Morgan fingerprint density at radius 1 is 1.43 bits per heavy atom. The van der Waals surface area contributed by atoms with Crippen LogP contribution in [0.15, 0.2) is 16.9 Å². The highest BCUT2D eigenvalue weighted by atomic mass is 16.5. The zero-order valence-corrected chi connectivity index (χ0v) is 14.1. The van der Waals surface area contributed by atoms with E-state index in [0.29, 0.717) is 12.5 Å². The molecule has 1 aliphatic heterocycles. The van der Waals surface area contributed by atoms with Crippen LogP contribution in [-0.4, -0.2) is 38.6 Å². The zero-order valence-electron chi connectivity index (χ0n) is 14.1. The Kier molecular flexibility index (Phi) is 4.50. The maximum atomic E-state index is 12.7. The van der Waals surface area contributed by atoms with Gasteiger partial charge in [-0.2, -0.15) is 0 Å². The minimum absolute atomic E-state index is 0.155. The molecule has 124 valence electrons. The first-order chi connectivity index (χ1) is 11.1. The smallest absolute Gasteiger partial charge is 0.227 e. The highest BCUT2D eigenvalue weighted by molar-refractivity contribution is 5.79. The summed E-state index contributed by atoms with van der Waals surface area (Å²) >= 11 is 0. The molecule has 3 heterocycles. The minimum Gasteiger partial charge on any atom is -0.361 e. The van der Waals surface area contributed by atoms with Crippen LogP contribution in [0.1, 0.15) is 48.6 Å². The number of hydrogen-bond donors (Lipinski definition) is 0. The quantitative estimate of drug-likeness (QED) is 0.869. The first kappa shape index (κ1) is 15.8. The third-order valence-corrected chi connectivity index (χ3v) is 4.72. The molecule has 1 fully saturated rings. The highest BCUT2D eigenvalue weighted by Gasteiger charge is 2.26. The van der Waals surface area contributed by atoms with E-state index < -0.39 is 0 Å². The molecule has 6 heteroatoms. The molecule has 1 amide bonds. The molecule has 23 heavy (non-hydrogen) atoms. The summed E-state index contributed by atoms with van der Waals surface area (Å²) in [7, 11) is 0. The first-order valence-electron chi connectivity index (χ1n) is 8.31. The molecule has 0 spiro atoms. The van der Waals surface area contributed by atoms with Gasteiger partial charge < -0.3 is 14.0 Å². The fourth-order valence-electron chi connectivity index (χ4n) is 3.38. The molecule has 1 aliphatic rings. The molecule has 3 rings (SSSR count). The molecule has 2 aromatic heterocycles. The molecule has 0 aromatic carbocycles. The number of nitrogens with zero attached hydrogens (tertiary/aromatic N) is 4. The van der Waals surface area contributed by atoms with Gasteiger partial charge >= 0.3 is 0 Å². The van der Waals surface area contributed by atoms with Crippen molar-refractivity contribution in [2.24, 2.45) is 0 Å². The van der Waals surface area contributed by atoms with E-state index in [1.54, 1.807) is 0 Å². The van der Waals surface area contributed by atoms with Crippen molar-refractivity contribution >= 4 is 5.91 Å². The van der Waals surface area contributed by atoms with Gasteiger partial charge in [-0.05, 0) is 26.7 Å². The normalized spacial score (nSPS) is 18.4. The lowest BCUT2D eigenvalue weighted by Crippen LogP contribution is -2.41. The van der Waals surface area contributed by atoms with E-state index in [4.69, 9.17) is 4.52 Å². The molecule has 2 aromatic rings. The number of carbonyl (C=O) groups excluding carboxylic acids is 1. The molecule has 0 saturated carbocycles. The van der Waals surface area contributed by atoms with Gasteiger partial charge in [-0.15, -0.1) is 0 Å². The number of piperidine rings is 1. The average molecular weight is 316 g/mol. The van der Waals surface area contributed by atoms with Crippen molar-refractivity contribution in [1.82, 2.24) is 19.6 Å². The van der Waals surface area contributed by atoms with Gasteiger partial charge in [-0.1, -0.05) is 12.1 Å². The lowest BCUT2D eigenvalue weighted by molar-refractivity contribution is -0.132. The molecular formula is C17H24N4O2. The standard InChI is InChI=1S/C17H24N4O2/c1-4-16-18-7-9-21(16)14-6-5-8-20(11-14)17(22)10-15-12(2)19-23-13(15)3/h7,9,14H,4-6,8,10-11H2,1-3H3. The summed E-state index contributed by atoms with van der Waals surface area (Å²) in [6.07, 6.45) is 7.29. The number of amides is 1. The summed E-state index contributed by atoms with van der Waals surface area (Å²) < 4.78 is 7.39. The van der Waals surface area contributed by atoms with Crippen LogP contribution >= 0.6 is 0 Å². The van der Waals surface area contributed by atoms with Crippen LogP contribution in [0.3, 0.4) is 0 Å². The van der Waals surface area contributed by atoms with Crippen LogP contribution in [0.25, 0.3) is 0 Å². The summed E-state index contributed by atoms with van der Waals surface area (Å²) in [6, 6.07) is 0.329. The van der Waals surface area contributed by atoms with Crippen molar-refractivity contribution in [3.63, 3.8) is 0 Å². The van der Waals surface area contributed by atoms with E-state index in [9.17, 15) is 4.79 Å². The highest BCUT2D eigenvalue weighted by Crippen LogP contribution is 2.24. The van der Waals surface area contributed by atoms with E-state index in [-0.39, 0.29) is 5.91 Å². The number of carbonyl (C=O) groups is 1. The Hall–Kier alpha value is -2.11.